The van der Waals surface area contributed by atoms with Crippen molar-refractivity contribution in [3.63, 3.8) is 0 Å². The van der Waals surface area contributed by atoms with Gasteiger partial charge in [0, 0.05) is 36.9 Å². The molecule has 0 bridgehead atoms. The molecule has 0 radical (unpaired) electrons. The molecule has 2 amide bonds. The maximum atomic E-state index is 13.0. The molecule has 148 valence electrons. The third kappa shape index (κ3) is 5.52. The van der Waals surface area contributed by atoms with Crippen LogP contribution in [-0.4, -0.2) is 46.3 Å². The Morgan fingerprint density at radius 1 is 1.04 bits per heavy atom. The first-order valence-corrected chi connectivity index (χ1v) is 11.0. The van der Waals surface area contributed by atoms with Crippen LogP contribution in [-0.2, 0) is 20.4 Å². The second-order valence-electron chi connectivity index (χ2n) is 6.91. The zero-order valence-corrected chi connectivity index (χ0v) is 16.7. The molecule has 28 heavy (non-hydrogen) atoms. The molecule has 2 aromatic rings. The van der Waals surface area contributed by atoms with Gasteiger partial charge in [0.25, 0.3) is 0 Å². The summed E-state index contributed by atoms with van der Waals surface area (Å²) < 4.78 is 13.0. The normalized spacial score (nSPS) is 15.0. The Labute approximate surface area is 168 Å². The zero-order valence-electron chi connectivity index (χ0n) is 15.9. The minimum atomic E-state index is -1.38. The van der Waals surface area contributed by atoms with Gasteiger partial charge in [0.1, 0.15) is 5.75 Å². The van der Waals surface area contributed by atoms with Crippen molar-refractivity contribution in [2.45, 2.75) is 24.5 Å². The topological polar surface area (TPSA) is 66.5 Å². The average molecular weight is 399 g/mol. The van der Waals surface area contributed by atoms with E-state index in [0.29, 0.717) is 25.9 Å². The minimum Gasteiger partial charge on any atom is -0.355 e. The number of carbonyl (C=O) groups is 2. The van der Waals surface area contributed by atoms with Crippen LogP contribution in [0.25, 0.3) is 0 Å². The van der Waals surface area contributed by atoms with Crippen molar-refractivity contribution >= 4 is 22.6 Å². The van der Waals surface area contributed by atoms with Crippen LogP contribution in [0.15, 0.2) is 60.7 Å². The quantitative estimate of drug-likeness (QED) is 0.661. The molecule has 0 aromatic heterocycles. The van der Waals surface area contributed by atoms with Gasteiger partial charge in [0.2, 0.25) is 11.8 Å². The third-order valence-electron chi connectivity index (χ3n) is 4.84. The second-order valence-corrected chi connectivity index (χ2v) is 8.44. The van der Waals surface area contributed by atoms with Crippen LogP contribution >= 0.6 is 0 Å². The summed E-state index contributed by atoms with van der Waals surface area (Å²) >= 11 is 0. The molecule has 0 spiro atoms. The largest absolute Gasteiger partial charge is 0.355 e. The van der Waals surface area contributed by atoms with Gasteiger partial charge in [0.05, 0.1) is 5.25 Å². The van der Waals surface area contributed by atoms with E-state index in [1.807, 2.05) is 65.6 Å². The molecule has 1 saturated heterocycles. The van der Waals surface area contributed by atoms with Crippen LogP contribution < -0.4 is 5.32 Å². The summed E-state index contributed by atoms with van der Waals surface area (Å²) in [5.74, 6) is -0.0687. The van der Waals surface area contributed by atoms with Gasteiger partial charge >= 0.3 is 0 Å². The van der Waals surface area contributed by atoms with Gasteiger partial charge in [-0.3, -0.25) is 13.8 Å². The van der Waals surface area contributed by atoms with Crippen LogP contribution in [0, 0.1) is 0 Å². The average Bonchev–Trinajstić information content (AvgIpc) is 3.12. The van der Waals surface area contributed by atoms with Crippen LogP contribution in [0.4, 0.5) is 0 Å². The zero-order chi connectivity index (χ0) is 19.8. The summed E-state index contributed by atoms with van der Waals surface area (Å²) in [6.07, 6.45) is 2.27. The van der Waals surface area contributed by atoms with E-state index < -0.39 is 10.8 Å². The van der Waals surface area contributed by atoms with Crippen molar-refractivity contribution in [1.82, 2.24) is 10.2 Å². The fraction of sp³-hybridized carbons (Fsp3) is 0.364. The standard InChI is InChI=1S/C22H26N2O3S/c25-20(23-14-8-16-24-15-7-13-21(24)26)17-28(27)22(18-9-3-1-4-10-18)19-11-5-2-6-12-19/h1-6,9-12,22H,7-8,13-17H2,(H,23,25). The van der Waals surface area contributed by atoms with Gasteiger partial charge in [-0.15, -0.1) is 0 Å². The first kappa shape index (κ1) is 20.3. The molecule has 1 aliphatic heterocycles. The number of nitrogens with zero attached hydrogens (tertiary/aromatic N) is 1. The van der Waals surface area contributed by atoms with E-state index in [-0.39, 0.29) is 22.8 Å². The molecular formula is C22H26N2O3S. The molecule has 6 heteroatoms. The minimum absolute atomic E-state index is 0.0445. The summed E-state index contributed by atoms with van der Waals surface area (Å²) in [7, 11) is -1.38. The Hall–Kier alpha value is -2.47. The summed E-state index contributed by atoms with van der Waals surface area (Å²) in [4.78, 5) is 25.7. The van der Waals surface area contributed by atoms with Crippen molar-refractivity contribution in [2.75, 3.05) is 25.4 Å². The van der Waals surface area contributed by atoms with Crippen LogP contribution in [0.3, 0.4) is 0 Å². The fourth-order valence-electron chi connectivity index (χ4n) is 3.45. The van der Waals surface area contributed by atoms with E-state index in [1.54, 1.807) is 0 Å². The maximum absolute atomic E-state index is 13.0. The molecule has 1 fully saturated rings. The molecular weight excluding hydrogens is 372 g/mol. The number of carbonyl (C=O) groups excluding carboxylic acids is 2. The highest BCUT2D eigenvalue weighted by molar-refractivity contribution is 7.86. The van der Waals surface area contributed by atoms with Crippen molar-refractivity contribution in [2.24, 2.45) is 0 Å². The lowest BCUT2D eigenvalue weighted by atomic mass is 10.0. The Kier molecular flexibility index (Phi) is 7.37. The van der Waals surface area contributed by atoms with Gasteiger partial charge in [-0.25, -0.2) is 0 Å². The van der Waals surface area contributed by atoms with Gasteiger partial charge in [-0.1, -0.05) is 60.7 Å². The second kappa shape index (κ2) is 10.2. The fourth-order valence-corrected chi connectivity index (χ4v) is 4.90. The molecule has 0 saturated carbocycles. The Bertz CT molecular complexity index is 772. The first-order valence-electron chi connectivity index (χ1n) is 9.66. The van der Waals surface area contributed by atoms with Crippen molar-refractivity contribution in [3.8, 4) is 0 Å². The van der Waals surface area contributed by atoms with E-state index in [9.17, 15) is 13.8 Å². The molecule has 1 atom stereocenters. The lowest BCUT2D eigenvalue weighted by Gasteiger charge is -2.18. The third-order valence-corrected chi connectivity index (χ3v) is 6.46. The van der Waals surface area contributed by atoms with Crippen molar-refractivity contribution < 1.29 is 13.8 Å². The van der Waals surface area contributed by atoms with Gasteiger partial charge in [-0.05, 0) is 24.0 Å². The molecule has 1 heterocycles. The number of nitrogens with one attached hydrogen (secondary N) is 1. The molecule has 0 aliphatic carbocycles. The monoisotopic (exact) mass is 398 g/mol. The Balaban J connectivity index is 1.54. The Morgan fingerprint density at radius 3 is 2.18 bits per heavy atom. The summed E-state index contributed by atoms with van der Waals surface area (Å²) in [6.45, 7) is 1.96. The SMILES string of the molecule is O=C(CS(=O)C(c1ccccc1)c1ccccc1)NCCCN1CCCC1=O. The number of hydrogen-bond donors (Lipinski definition) is 1. The van der Waals surface area contributed by atoms with E-state index in [0.717, 1.165) is 24.1 Å². The molecule has 2 aromatic carbocycles. The number of likely N-dealkylation sites (tertiary alicyclic amines) is 1. The Morgan fingerprint density at radius 2 is 1.64 bits per heavy atom. The van der Waals surface area contributed by atoms with E-state index in [2.05, 4.69) is 5.32 Å². The van der Waals surface area contributed by atoms with Crippen LogP contribution in [0.5, 0.6) is 0 Å². The van der Waals surface area contributed by atoms with Crippen LogP contribution in [0.1, 0.15) is 35.6 Å². The predicted octanol–water partition coefficient (Wildman–Crippen LogP) is 2.65. The van der Waals surface area contributed by atoms with E-state index >= 15 is 0 Å². The summed E-state index contributed by atoms with van der Waals surface area (Å²) in [5.41, 5.74) is 1.87. The number of hydrogen-bond acceptors (Lipinski definition) is 3. The lowest BCUT2D eigenvalue weighted by molar-refractivity contribution is -0.127. The van der Waals surface area contributed by atoms with E-state index in [1.165, 1.54) is 0 Å². The van der Waals surface area contributed by atoms with Crippen LogP contribution in [0.2, 0.25) is 0 Å². The molecule has 1 unspecified atom stereocenters. The van der Waals surface area contributed by atoms with Gasteiger partial charge in [0.15, 0.2) is 0 Å². The molecule has 3 rings (SSSR count). The summed E-state index contributed by atoms with van der Waals surface area (Å²) in [5, 5.41) is 2.50. The highest BCUT2D eigenvalue weighted by Crippen LogP contribution is 2.28. The smallest absolute Gasteiger partial charge is 0.232 e. The van der Waals surface area contributed by atoms with Crippen molar-refractivity contribution in [3.05, 3.63) is 71.8 Å². The number of benzene rings is 2. The summed E-state index contributed by atoms with van der Waals surface area (Å²) in [6, 6.07) is 19.3. The van der Waals surface area contributed by atoms with Crippen molar-refractivity contribution in [1.29, 1.82) is 0 Å². The van der Waals surface area contributed by atoms with E-state index in [4.69, 9.17) is 0 Å². The number of rotatable bonds is 9. The highest BCUT2D eigenvalue weighted by Gasteiger charge is 2.23. The molecule has 1 aliphatic rings. The van der Waals surface area contributed by atoms with Gasteiger partial charge in [-0.2, -0.15) is 0 Å². The van der Waals surface area contributed by atoms with Gasteiger partial charge < -0.3 is 10.2 Å². The first-order chi connectivity index (χ1) is 13.6. The maximum Gasteiger partial charge on any atom is 0.232 e. The molecule has 5 nitrogen and oxygen atoms in total. The number of amides is 2. The molecule has 1 N–H and O–H groups in total. The highest BCUT2D eigenvalue weighted by atomic mass is 32.2. The predicted molar refractivity (Wildman–Crippen MR) is 111 cm³/mol. The lowest BCUT2D eigenvalue weighted by Crippen LogP contribution is -2.33.